The number of hydrogen-bond acceptors (Lipinski definition) is 5. The lowest BCUT2D eigenvalue weighted by Gasteiger charge is -2.18. The molecule has 4 aromatic carbocycles. The van der Waals surface area contributed by atoms with Gasteiger partial charge in [0.15, 0.2) is 21.5 Å². The van der Waals surface area contributed by atoms with E-state index in [-0.39, 0.29) is 31.2 Å². The fraction of sp³-hybridized carbons (Fsp3) is 0. The van der Waals surface area contributed by atoms with Crippen molar-refractivity contribution >= 4 is 81.0 Å². The van der Waals surface area contributed by atoms with Gasteiger partial charge in [0.2, 0.25) is 0 Å². The van der Waals surface area contributed by atoms with Gasteiger partial charge in [-0.25, -0.2) is 0 Å². The van der Waals surface area contributed by atoms with Crippen LogP contribution in [0, 0.1) is 20.2 Å². The number of nitro benzene ring substituents is 2. The number of nitrogens with zero attached hydrogens (tertiary/aromatic N) is 2. The molecule has 7 nitrogen and oxygen atoms in total. The van der Waals surface area contributed by atoms with Crippen LogP contribution in [0.5, 0.6) is 11.5 Å². The maximum atomic E-state index is 11.9. The van der Waals surface area contributed by atoms with Crippen molar-refractivity contribution in [2.24, 2.45) is 0 Å². The van der Waals surface area contributed by atoms with E-state index in [4.69, 9.17) is 74.3 Å². The molecule has 0 saturated heterocycles. The molecule has 4 aromatic rings. The van der Waals surface area contributed by atoms with Crippen LogP contribution in [0.3, 0.4) is 0 Å². The first-order chi connectivity index (χ1) is 17.6. The van der Waals surface area contributed by atoms with Crippen LogP contribution < -0.4 is 4.74 Å². The molecule has 0 heterocycles. The lowest BCUT2D eigenvalue weighted by atomic mass is 10.0. The summed E-state index contributed by atoms with van der Waals surface area (Å²) in [6.07, 6.45) is 0. The Hall–Kier alpha value is -2.78. The van der Waals surface area contributed by atoms with E-state index in [0.717, 1.165) is 0 Å². The second-order valence-corrected chi connectivity index (χ2v) is 9.61. The van der Waals surface area contributed by atoms with Gasteiger partial charge in [0, 0.05) is 11.1 Å². The van der Waals surface area contributed by atoms with Crippen molar-refractivity contribution in [1.82, 2.24) is 0 Å². The molecule has 0 unspecified atom stereocenters. The first kappa shape index (κ1) is 27.3. The largest absolute Gasteiger partial charge is 0.450 e. The number of halogens is 6. The molecule has 0 aliphatic rings. The fourth-order valence-electron chi connectivity index (χ4n) is 3.58. The van der Waals surface area contributed by atoms with E-state index < -0.39 is 42.8 Å². The maximum Gasteiger partial charge on any atom is 0.310 e. The molecule has 0 aliphatic heterocycles. The molecule has 0 amide bonds. The molecule has 0 atom stereocenters. The molecule has 13 heteroatoms. The van der Waals surface area contributed by atoms with E-state index in [1.807, 2.05) is 0 Å². The van der Waals surface area contributed by atoms with Gasteiger partial charge in [-0.3, -0.25) is 20.2 Å². The maximum absolute atomic E-state index is 11.9. The summed E-state index contributed by atoms with van der Waals surface area (Å²) in [4.78, 5) is 22.2. The Kier molecular flexibility index (Phi) is 8.04. The van der Waals surface area contributed by atoms with Gasteiger partial charge in [-0.1, -0.05) is 130 Å². The summed E-state index contributed by atoms with van der Waals surface area (Å²) in [5, 5.41) is 21.6. The Morgan fingerprint density at radius 3 is 1.14 bits per heavy atom. The van der Waals surface area contributed by atoms with Gasteiger partial charge >= 0.3 is 11.4 Å². The van der Waals surface area contributed by atoms with Crippen molar-refractivity contribution in [2.75, 3.05) is 0 Å². The molecule has 4 rings (SSSR count). The molecule has 0 spiro atoms. The van der Waals surface area contributed by atoms with E-state index in [2.05, 4.69) is 0 Å². The van der Waals surface area contributed by atoms with Crippen molar-refractivity contribution in [1.29, 1.82) is 0 Å². The van der Waals surface area contributed by atoms with Gasteiger partial charge in [0.25, 0.3) is 0 Å². The molecule has 0 saturated carbocycles. The van der Waals surface area contributed by atoms with Crippen LogP contribution in [0.15, 0.2) is 60.7 Å². The monoisotopic (exact) mass is 616 g/mol. The average molecular weight is 619 g/mol. The zero-order valence-electron chi connectivity index (χ0n) is 18.0. The summed E-state index contributed by atoms with van der Waals surface area (Å²) >= 11 is 38.6. The van der Waals surface area contributed by atoms with E-state index in [9.17, 15) is 20.2 Å². The van der Waals surface area contributed by atoms with Crippen LogP contribution in [0.4, 0.5) is 11.4 Å². The minimum atomic E-state index is -0.802. The molecule has 188 valence electrons. The third-order valence-corrected chi connectivity index (χ3v) is 7.36. The molecule has 0 aliphatic carbocycles. The van der Waals surface area contributed by atoms with Gasteiger partial charge in [0.05, 0.1) is 19.9 Å². The lowest BCUT2D eigenvalue weighted by Crippen LogP contribution is -2.01. The van der Waals surface area contributed by atoms with Crippen LogP contribution >= 0.6 is 69.6 Å². The van der Waals surface area contributed by atoms with Crippen LogP contribution in [0.2, 0.25) is 30.1 Å². The number of ether oxygens (including phenoxy) is 1. The summed E-state index contributed by atoms with van der Waals surface area (Å²) in [6.45, 7) is 0. The van der Waals surface area contributed by atoms with Crippen LogP contribution in [-0.4, -0.2) is 9.85 Å². The molecule has 0 aromatic heterocycles. The third-order valence-electron chi connectivity index (χ3n) is 5.20. The predicted octanol–water partition coefficient (Wildman–Crippen LogP) is 10.5. The number of benzene rings is 4. The minimum Gasteiger partial charge on any atom is -0.450 e. The van der Waals surface area contributed by atoms with Crippen molar-refractivity contribution < 1.29 is 14.6 Å². The average Bonchev–Trinajstić information content (AvgIpc) is 2.84. The number of rotatable bonds is 6. The topological polar surface area (TPSA) is 95.5 Å². The zero-order valence-corrected chi connectivity index (χ0v) is 22.5. The highest BCUT2D eigenvalue weighted by atomic mass is 35.5. The van der Waals surface area contributed by atoms with E-state index >= 15 is 0 Å². The normalized spacial score (nSPS) is 10.9. The highest BCUT2D eigenvalue weighted by molar-refractivity contribution is 6.47. The SMILES string of the molecule is O=[N+]([O-])c1c(Cl)c(Oc2c(Cl)c(-c3ccccc3)c(Cl)c([N+](=O)[O-])c2Cl)c(Cl)c(-c2ccccc2)c1Cl. The quantitative estimate of drug-likeness (QED) is 0.158. The van der Waals surface area contributed by atoms with Gasteiger partial charge in [-0.15, -0.1) is 0 Å². The smallest absolute Gasteiger partial charge is 0.310 e. The standard InChI is InChI=1S/C24H10Cl6N2O5/c25-15-13(11-7-3-1-4-8-11)17(27)23(19(29)21(15)31(33)34)37-24-18(28)14(12-9-5-2-6-10-12)16(26)22(20(24)30)32(35)36/h1-10H. The third kappa shape index (κ3) is 4.91. The van der Waals surface area contributed by atoms with Crippen molar-refractivity contribution in [3.05, 3.63) is 111 Å². The second kappa shape index (κ2) is 10.9. The van der Waals surface area contributed by atoms with Crippen molar-refractivity contribution in [3.8, 4) is 33.8 Å². The molecule has 0 radical (unpaired) electrons. The second-order valence-electron chi connectivity index (χ2n) is 7.34. The highest BCUT2D eigenvalue weighted by Crippen LogP contribution is 2.56. The first-order valence-corrected chi connectivity index (χ1v) is 12.3. The molecule has 0 bridgehead atoms. The summed E-state index contributed by atoms with van der Waals surface area (Å²) in [5.41, 5.74) is -0.443. The minimum absolute atomic E-state index is 0.0500. The summed E-state index contributed by atoms with van der Waals surface area (Å²) in [5.74, 6) is -0.865. The Morgan fingerprint density at radius 2 is 0.838 bits per heavy atom. The summed E-state index contributed by atoms with van der Waals surface area (Å²) in [6, 6.07) is 16.6. The summed E-state index contributed by atoms with van der Waals surface area (Å²) in [7, 11) is 0. The Morgan fingerprint density at radius 1 is 0.514 bits per heavy atom. The first-order valence-electron chi connectivity index (χ1n) is 10.0. The Labute approximate surface area is 239 Å². The highest BCUT2D eigenvalue weighted by Gasteiger charge is 2.35. The van der Waals surface area contributed by atoms with Crippen LogP contribution in [0.25, 0.3) is 22.3 Å². The van der Waals surface area contributed by atoms with Gasteiger partial charge in [-0.05, 0) is 11.1 Å². The van der Waals surface area contributed by atoms with Crippen molar-refractivity contribution in [2.45, 2.75) is 0 Å². The number of nitro groups is 2. The predicted molar refractivity (Wildman–Crippen MR) is 147 cm³/mol. The van der Waals surface area contributed by atoms with Gasteiger partial charge in [-0.2, -0.15) is 0 Å². The lowest BCUT2D eigenvalue weighted by molar-refractivity contribution is -0.384. The molecule has 37 heavy (non-hydrogen) atoms. The van der Waals surface area contributed by atoms with Crippen LogP contribution in [0.1, 0.15) is 0 Å². The van der Waals surface area contributed by atoms with Crippen molar-refractivity contribution in [3.63, 3.8) is 0 Å². The molecule has 0 N–H and O–H groups in total. The zero-order chi connectivity index (χ0) is 27.0. The van der Waals surface area contributed by atoms with Gasteiger partial charge < -0.3 is 4.74 Å². The van der Waals surface area contributed by atoms with E-state index in [0.29, 0.717) is 11.1 Å². The Bertz CT molecular complexity index is 1450. The molecular formula is C24H10Cl6N2O5. The van der Waals surface area contributed by atoms with E-state index in [1.165, 1.54) is 0 Å². The molecular weight excluding hydrogens is 609 g/mol. The van der Waals surface area contributed by atoms with E-state index in [1.54, 1.807) is 60.7 Å². The fourth-order valence-corrected chi connectivity index (χ4v) is 5.87. The molecule has 0 fully saturated rings. The Balaban J connectivity index is 2.06. The van der Waals surface area contributed by atoms with Crippen LogP contribution in [-0.2, 0) is 0 Å². The summed E-state index contributed by atoms with van der Waals surface area (Å²) < 4.78 is 5.86. The van der Waals surface area contributed by atoms with Gasteiger partial charge in [0.1, 0.15) is 10.0 Å². The number of hydrogen-bond donors (Lipinski definition) is 0.